The number of amides is 1. The van der Waals surface area contributed by atoms with E-state index in [1.54, 1.807) is 24.3 Å². The molecule has 0 radical (unpaired) electrons. The highest BCUT2D eigenvalue weighted by Gasteiger charge is 2.24. The Balaban J connectivity index is 1.82. The van der Waals surface area contributed by atoms with Crippen molar-refractivity contribution < 1.29 is 14.7 Å². The van der Waals surface area contributed by atoms with E-state index in [-0.39, 0.29) is 17.8 Å². The van der Waals surface area contributed by atoms with Crippen LogP contribution in [0.4, 0.5) is 0 Å². The average Bonchev–Trinajstić information content (AvgIpc) is 2.90. The lowest BCUT2D eigenvalue weighted by Crippen LogP contribution is -2.32. The third-order valence-corrected chi connectivity index (χ3v) is 3.82. The number of nitrogens with one attached hydrogen (secondary N) is 1. The largest absolute Gasteiger partial charge is 0.409 e. The summed E-state index contributed by atoms with van der Waals surface area (Å²) in [4.78, 5) is 11.9. The fourth-order valence-electron chi connectivity index (χ4n) is 2.39. The molecule has 0 aliphatic carbocycles. The van der Waals surface area contributed by atoms with Gasteiger partial charge < -0.3 is 21.0 Å². The maximum absolute atomic E-state index is 11.9. The molecule has 0 saturated carbocycles. The number of nitrogens with zero attached hydrogens (tertiary/aromatic N) is 1. The van der Waals surface area contributed by atoms with E-state index in [1.807, 2.05) is 6.92 Å². The van der Waals surface area contributed by atoms with Gasteiger partial charge in [0.05, 0.1) is 12.5 Å². The van der Waals surface area contributed by atoms with Gasteiger partial charge in [-0.3, -0.25) is 4.79 Å². The van der Waals surface area contributed by atoms with Crippen LogP contribution in [0.1, 0.15) is 24.5 Å². The lowest BCUT2D eigenvalue weighted by atomic mass is 10.0. The zero-order valence-corrected chi connectivity index (χ0v) is 12.1. The van der Waals surface area contributed by atoms with Gasteiger partial charge in [-0.1, -0.05) is 29.4 Å². The minimum absolute atomic E-state index is 0.00866. The SMILES string of the molecule is CC1OCCC1CNC(=O)Cc1ccc(/C(N)=N/O)cc1. The van der Waals surface area contributed by atoms with E-state index in [2.05, 4.69) is 10.5 Å². The molecular formula is C15H21N3O3. The Labute approximate surface area is 124 Å². The van der Waals surface area contributed by atoms with Gasteiger partial charge in [0.2, 0.25) is 5.91 Å². The van der Waals surface area contributed by atoms with Crippen molar-refractivity contribution in [3.05, 3.63) is 35.4 Å². The second kappa shape index (κ2) is 7.08. The van der Waals surface area contributed by atoms with Gasteiger partial charge in [-0.05, 0) is 18.9 Å². The van der Waals surface area contributed by atoms with Crippen LogP contribution in [0.3, 0.4) is 0 Å². The minimum Gasteiger partial charge on any atom is -0.409 e. The summed E-state index contributed by atoms with van der Waals surface area (Å²) in [5.74, 6) is 0.448. The van der Waals surface area contributed by atoms with E-state index in [1.165, 1.54) is 0 Å². The molecule has 0 aromatic heterocycles. The molecule has 2 unspecified atom stereocenters. The quantitative estimate of drug-likeness (QED) is 0.324. The summed E-state index contributed by atoms with van der Waals surface area (Å²) in [5.41, 5.74) is 7.00. The summed E-state index contributed by atoms with van der Waals surface area (Å²) < 4.78 is 5.47. The third-order valence-electron chi connectivity index (χ3n) is 3.82. The molecule has 6 heteroatoms. The second-order valence-corrected chi connectivity index (χ2v) is 5.29. The van der Waals surface area contributed by atoms with Gasteiger partial charge in [-0.2, -0.15) is 0 Å². The number of carbonyl (C=O) groups excluding carboxylic acids is 1. The highest BCUT2D eigenvalue weighted by Crippen LogP contribution is 2.19. The Hall–Kier alpha value is -2.08. The number of hydrogen-bond donors (Lipinski definition) is 3. The van der Waals surface area contributed by atoms with E-state index >= 15 is 0 Å². The molecule has 114 valence electrons. The number of hydrogen-bond acceptors (Lipinski definition) is 4. The summed E-state index contributed by atoms with van der Waals surface area (Å²) in [6.45, 7) is 3.47. The van der Waals surface area contributed by atoms with Gasteiger partial charge in [0.1, 0.15) is 0 Å². The van der Waals surface area contributed by atoms with E-state index < -0.39 is 0 Å². The molecule has 1 fully saturated rings. The van der Waals surface area contributed by atoms with Crippen LogP contribution in [0.15, 0.2) is 29.4 Å². The van der Waals surface area contributed by atoms with Crippen LogP contribution in [-0.2, 0) is 16.0 Å². The van der Waals surface area contributed by atoms with Gasteiger partial charge in [0.15, 0.2) is 5.84 Å². The first-order chi connectivity index (χ1) is 10.1. The smallest absolute Gasteiger partial charge is 0.224 e. The Bertz CT molecular complexity index is 513. The standard InChI is InChI=1S/C15H21N3O3/c1-10-13(6-7-21-10)9-17-14(19)8-11-2-4-12(5-3-11)15(16)18-20/h2-5,10,13,20H,6-9H2,1H3,(H2,16,18)(H,17,19). The van der Waals surface area contributed by atoms with Gasteiger partial charge in [-0.15, -0.1) is 0 Å². The second-order valence-electron chi connectivity index (χ2n) is 5.29. The molecule has 1 aromatic carbocycles. The van der Waals surface area contributed by atoms with Crippen molar-refractivity contribution in [3.63, 3.8) is 0 Å². The molecule has 0 spiro atoms. The van der Waals surface area contributed by atoms with Gasteiger partial charge in [0, 0.05) is 24.6 Å². The Morgan fingerprint density at radius 2 is 2.19 bits per heavy atom. The maximum atomic E-state index is 11.9. The summed E-state index contributed by atoms with van der Waals surface area (Å²) in [5, 5.41) is 14.5. The monoisotopic (exact) mass is 291 g/mol. The number of benzene rings is 1. The molecular weight excluding hydrogens is 270 g/mol. The molecule has 4 N–H and O–H groups in total. The van der Waals surface area contributed by atoms with Crippen LogP contribution in [0, 0.1) is 5.92 Å². The van der Waals surface area contributed by atoms with Crippen LogP contribution < -0.4 is 11.1 Å². The Morgan fingerprint density at radius 3 is 2.76 bits per heavy atom. The Morgan fingerprint density at radius 1 is 1.48 bits per heavy atom. The van der Waals surface area contributed by atoms with E-state index in [4.69, 9.17) is 15.7 Å². The number of ether oxygens (including phenoxy) is 1. The van der Waals surface area contributed by atoms with E-state index in [9.17, 15) is 4.79 Å². The van der Waals surface area contributed by atoms with Crippen molar-refractivity contribution in [2.45, 2.75) is 25.9 Å². The molecule has 1 heterocycles. The molecule has 1 saturated heterocycles. The average molecular weight is 291 g/mol. The molecule has 21 heavy (non-hydrogen) atoms. The Kier molecular flexibility index (Phi) is 5.16. The highest BCUT2D eigenvalue weighted by molar-refractivity contribution is 5.97. The summed E-state index contributed by atoms with van der Waals surface area (Å²) >= 11 is 0. The van der Waals surface area contributed by atoms with Gasteiger partial charge in [-0.25, -0.2) is 0 Å². The van der Waals surface area contributed by atoms with Crippen LogP contribution in [0.5, 0.6) is 0 Å². The minimum atomic E-state index is -0.00866. The van der Waals surface area contributed by atoms with E-state index in [0.29, 0.717) is 24.4 Å². The first kappa shape index (κ1) is 15.3. The van der Waals surface area contributed by atoms with Crippen molar-refractivity contribution >= 4 is 11.7 Å². The zero-order valence-electron chi connectivity index (χ0n) is 12.1. The molecule has 1 aliphatic heterocycles. The van der Waals surface area contributed by atoms with Gasteiger partial charge in [0.25, 0.3) is 0 Å². The zero-order chi connectivity index (χ0) is 15.2. The van der Waals surface area contributed by atoms with Crippen LogP contribution in [-0.4, -0.2) is 36.2 Å². The first-order valence-electron chi connectivity index (χ1n) is 7.05. The molecule has 2 atom stereocenters. The molecule has 1 amide bonds. The van der Waals surface area contributed by atoms with E-state index in [0.717, 1.165) is 18.6 Å². The van der Waals surface area contributed by atoms with Crippen LogP contribution in [0.2, 0.25) is 0 Å². The molecule has 0 bridgehead atoms. The number of oxime groups is 1. The van der Waals surface area contributed by atoms with Crippen molar-refractivity contribution in [1.82, 2.24) is 5.32 Å². The lowest BCUT2D eigenvalue weighted by Gasteiger charge is -2.14. The fraction of sp³-hybridized carbons (Fsp3) is 0.467. The van der Waals surface area contributed by atoms with Crippen LogP contribution in [0.25, 0.3) is 0 Å². The van der Waals surface area contributed by atoms with Gasteiger partial charge >= 0.3 is 0 Å². The predicted octanol–water partition coefficient (Wildman–Crippen LogP) is 0.865. The number of rotatable bonds is 5. The van der Waals surface area contributed by atoms with Crippen molar-refractivity contribution in [2.75, 3.05) is 13.2 Å². The highest BCUT2D eigenvalue weighted by atomic mass is 16.5. The fourth-order valence-corrected chi connectivity index (χ4v) is 2.39. The normalized spacial score (nSPS) is 22.2. The van der Waals surface area contributed by atoms with Crippen molar-refractivity contribution in [1.29, 1.82) is 0 Å². The third kappa shape index (κ3) is 4.19. The van der Waals surface area contributed by atoms with Crippen molar-refractivity contribution in [2.24, 2.45) is 16.8 Å². The summed E-state index contributed by atoms with van der Waals surface area (Å²) in [6, 6.07) is 7.05. The summed E-state index contributed by atoms with van der Waals surface area (Å²) in [7, 11) is 0. The molecule has 1 aromatic rings. The van der Waals surface area contributed by atoms with Crippen LogP contribution >= 0.6 is 0 Å². The lowest BCUT2D eigenvalue weighted by molar-refractivity contribution is -0.120. The number of nitrogens with two attached hydrogens (primary N) is 1. The number of carbonyl (C=O) groups is 1. The topological polar surface area (TPSA) is 96.9 Å². The maximum Gasteiger partial charge on any atom is 0.224 e. The van der Waals surface area contributed by atoms with Crippen molar-refractivity contribution in [3.8, 4) is 0 Å². The molecule has 6 nitrogen and oxygen atoms in total. The number of amidine groups is 1. The molecule has 2 rings (SSSR count). The predicted molar refractivity (Wildman–Crippen MR) is 79.2 cm³/mol. The molecule has 1 aliphatic rings. The summed E-state index contributed by atoms with van der Waals surface area (Å²) in [6.07, 6.45) is 1.53. The first-order valence-corrected chi connectivity index (χ1v) is 7.05.